The van der Waals surface area contributed by atoms with Crippen molar-refractivity contribution in [2.45, 2.75) is 50.4 Å². The van der Waals surface area contributed by atoms with Gasteiger partial charge < -0.3 is 30.9 Å². The van der Waals surface area contributed by atoms with Crippen LogP contribution in [0.1, 0.15) is 47.4 Å². The third kappa shape index (κ3) is 7.12. The number of hydrogen-bond acceptors (Lipinski definition) is 6. The minimum absolute atomic E-state index is 0.134. The zero-order chi connectivity index (χ0) is 27.1. The van der Waals surface area contributed by atoms with Crippen molar-refractivity contribution in [1.29, 1.82) is 0 Å². The number of anilines is 1. The summed E-state index contributed by atoms with van der Waals surface area (Å²) in [5.74, 6) is -1.31. The summed E-state index contributed by atoms with van der Waals surface area (Å²) in [6.07, 6.45) is 1.37. The van der Waals surface area contributed by atoms with Gasteiger partial charge in [-0.1, -0.05) is 42.5 Å². The summed E-state index contributed by atoms with van der Waals surface area (Å²) in [4.78, 5) is 26.7. The Balaban J connectivity index is 1.27. The molecule has 1 aliphatic heterocycles. The van der Waals surface area contributed by atoms with Gasteiger partial charge in [0, 0.05) is 42.8 Å². The molecule has 1 heterocycles. The quantitative estimate of drug-likeness (QED) is 0.279. The second kappa shape index (κ2) is 12.6. The monoisotopic (exact) mass is 517 g/mol. The maximum absolute atomic E-state index is 12.7. The maximum Gasteiger partial charge on any atom is 0.326 e. The highest BCUT2D eigenvalue weighted by Crippen LogP contribution is 2.24. The molecule has 8 nitrogen and oxygen atoms in total. The van der Waals surface area contributed by atoms with Crippen LogP contribution in [0.5, 0.6) is 5.75 Å². The molecule has 0 radical (unpaired) electrons. The number of phenols is 1. The molecule has 8 heteroatoms. The first-order chi connectivity index (χ1) is 18.3. The van der Waals surface area contributed by atoms with Crippen molar-refractivity contribution in [2.24, 2.45) is 0 Å². The zero-order valence-corrected chi connectivity index (χ0v) is 21.5. The highest BCUT2D eigenvalue weighted by atomic mass is 16.4. The van der Waals surface area contributed by atoms with E-state index in [4.69, 9.17) is 0 Å². The number of carbonyl (C=O) groups is 2. The van der Waals surface area contributed by atoms with Gasteiger partial charge in [0.15, 0.2) is 0 Å². The lowest BCUT2D eigenvalue weighted by atomic mass is 9.99. The SMILES string of the molecule is C[C@H](NC1CCN(c2ccc(C(=O)N[C@@H](Cc3ccccc3)C(=O)O)cc2)CC1)[C@H](O)c1ccc(O)cc1. The normalized spacial score (nSPS) is 16.4. The molecule has 0 saturated carbocycles. The van der Waals surface area contributed by atoms with E-state index in [0.29, 0.717) is 5.56 Å². The number of aliphatic hydroxyl groups excluding tert-OH is 1. The first kappa shape index (κ1) is 27.2. The number of nitrogens with one attached hydrogen (secondary N) is 2. The fraction of sp³-hybridized carbons (Fsp3) is 0.333. The highest BCUT2D eigenvalue weighted by molar-refractivity contribution is 5.97. The minimum atomic E-state index is -1.07. The Morgan fingerprint density at radius 3 is 2.18 bits per heavy atom. The van der Waals surface area contributed by atoms with Crippen molar-refractivity contribution < 1.29 is 24.9 Å². The topological polar surface area (TPSA) is 122 Å². The van der Waals surface area contributed by atoms with Crippen LogP contribution in [-0.4, -0.2) is 58.4 Å². The maximum atomic E-state index is 12.7. The predicted octanol–water partition coefficient (Wildman–Crippen LogP) is 3.50. The van der Waals surface area contributed by atoms with Gasteiger partial charge >= 0.3 is 5.97 Å². The van der Waals surface area contributed by atoms with Gasteiger partial charge in [0.1, 0.15) is 11.8 Å². The first-order valence-corrected chi connectivity index (χ1v) is 13.0. The van der Waals surface area contributed by atoms with E-state index in [9.17, 15) is 24.9 Å². The van der Waals surface area contributed by atoms with Gasteiger partial charge in [-0.05, 0) is 67.3 Å². The molecular formula is C30H35N3O5. The van der Waals surface area contributed by atoms with Gasteiger partial charge in [-0.25, -0.2) is 4.79 Å². The molecule has 0 bridgehead atoms. The minimum Gasteiger partial charge on any atom is -0.508 e. The fourth-order valence-corrected chi connectivity index (χ4v) is 4.84. The number of carbonyl (C=O) groups excluding carboxylic acids is 1. The number of hydrogen-bond donors (Lipinski definition) is 5. The van der Waals surface area contributed by atoms with E-state index in [1.165, 1.54) is 0 Å². The molecule has 38 heavy (non-hydrogen) atoms. The van der Waals surface area contributed by atoms with Crippen LogP contribution in [0.3, 0.4) is 0 Å². The number of aliphatic hydroxyl groups is 1. The number of carboxylic acids is 1. The van der Waals surface area contributed by atoms with Crippen molar-refractivity contribution in [1.82, 2.24) is 10.6 Å². The Hall–Kier alpha value is -3.88. The Morgan fingerprint density at radius 1 is 0.947 bits per heavy atom. The summed E-state index contributed by atoms with van der Waals surface area (Å²) in [5, 5.41) is 35.8. The summed E-state index contributed by atoms with van der Waals surface area (Å²) >= 11 is 0. The standard InChI is InChI=1S/C30H35N3O5/c1-20(28(35)22-9-13-26(34)14-10-22)31-24-15-17-33(18-16-24)25-11-7-23(8-12-25)29(36)32-27(30(37)38)19-21-5-3-2-4-6-21/h2-14,20,24,27-28,31,34-35H,15-19H2,1H3,(H,32,36)(H,37,38)/t20-,27-,28-/m0/s1. The number of nitrogens with zero attached hydrogens (tertiary/aromatic N) is 1. The highest BCUT2D eigenvalue weighted by Gasteiger charge is 2.25. The number of benzene rings is 3. The first-order valence-electron chi connectivity index (χ1n) is 13.0. The summed E-state index contributed by atoms with van der Waals surface area (Å²) in [6.45, 7) is 3.63. The molecule has 0 aromatic heterocycles. The largest absolute Gasteiger partial charge is 0.508 e. The van der Waals surface area contributed by atoms with E-state index in [-0.39, 0.29) is 24.3 Å². The number of carboxylic acid groups (broad SMARTS) is 1. The summed E-state index contributed by atoms with van der Waals surface area (Å²) in [5.41, 5.74) is 3.04. The molecule has 0 spiro atoms. The van der Waals surface area contributed by atoms with E-state index in [0.717, 1.165) is 42.7 Å². The van der Waals surface area contributed by atoms with E-state index in [2.05, 4.69) is 15.5 Å². The molecule has 1 amide bonds. The van der Waals surface area contributed by atoms with Gasteiger partial charge in [0.25, 0.3) is 5.91 Å². The molecule has 0 aliphatic carbocycles. The van der Waals surface area contributed by atoms with E-state index in [1.807, 2.05) is 49.4 Å². The lowest BCUT2D eigenvalue weighted by Gasteiger charge is -2.36. The third-order valence-corrected chi connectivity index (χ3v) is 7.08. The lowest BCUT2D eigenvalue weighted by Crippen LogP contribution is -2.47. The fourth-order valence-electron chi connectivity index (χ4n) is 4.84. The number of aliphatic carboxylic acids is 1. The Labute approximate surface area is 222 Å². The molecule has 5 N–H and O–H groups in total. The molecule has 1 fully saturated rings. The average Bonchev–Trinajstić information content (AvgIpc) is 2.93. The number of piperidine rings is 1. The van der Waals surface area contributed by atoms with Crippen molar-refractivity contribution >= 4 is 17.6 Å². The molecule has 0 unspecified atom stereocenters. The molecule has 3 aromatic rings. The number of rotatable bonds is 10. The van der Waals surface area contributed by atoms with E-state index >= 15 is 0 Å². The van der Waals surface area contributed by atoms with Crippen LogP contribution in [0, 0.1) is 0 Å². The smallest absolute Gasteiger partial charge is 0.326 e. The Bertz CT molecular complexity index is 1190. The molecule has 4 rings (SSSR count). The van der Waals surface area contributed by atoms with Crippen LogP contribution in [-0.2, 0) is 11.2 Å². The van der Waals surface area contributed by atoms with Crippen molar-refractivity contribution in [2.75, 3.05) is 18.0 Å². The second-order valence-electron chi connectivity index (χ2n) is 9.85. The summed E-state index contributed by atoms with van der Waals surface area (Å²) in [7, 11) is 0. The van der Waals surface area contributed by atoms with Gasteiger partial charge in [-0.2, -0.15) is 0 Å². The number of aromatic hydroxyl groups is 1. The van der Waals surface area contributed by atoms with Crippen molar-refractivity contribution in [3.8, 4) is 5.75 Å². The van der Waals surface area contributed by atoms with Crippen LogP contribution in [0.4, 0.5) is 5.69 Å². The second-order valence-corrected chi connectivity index (χ2v) is 9.85. The van der Waals surface area contributed by atoms with Gasteiger partial charge in [0.05, 0.1) is 6.10 Å². The average molecular weight is 518 g/mol. The molecule has 200 valence electrons. The Morgan fingerprint density at radius 2 is 1.58 bits per heavy atom. The van der Waals surface area contributed by atoms with Crippen LogP contribution >= 0.6 is 0 Å². The Kier molecular flexibility index (Phi) is 8.99. The lowest BCUT2D eigenvalue weighted by molar-refractivity contribution is -0.139. The van der Waals surface area contributed by atoms with E-state index in [1.54, 1.807) is 36.4 Å². The third-order valence-electron chi connectivity index (χ3n) is 7.08. The molecule has 3 aromatic carbocycles. The number of phenolic OH excluding ortho intramolecular Hbond substituents is 1. The van der Waals surface area contributed by atoms with Crippen molar-refractivity contribution in [3.63, 3.8) is 0 Å². The van der Waals surface area contributed by atoms with Gasteiger partial charge in [0.2, 0.25) is 0 Å². The van der Waals surface area contributed by atoms with E-state index < -0.39 is 24.0 Å². The van der Waals surface area contributed by atoms with Crippen LogP contribution in [0.15, 0.2) is 78.9 Å². The van der Waals surface area contributed by atoms with Crippen molar-refractivity contribution in [3.05, 3.63) is 95.6 Å². The molecule has 3 atom stereocenters. The molecule has 1 aliphatic rings. The van der Waals surface area contributed by atoms with Crippen LogP contribution in [0.2, 0.25) is 0 Å². The van der Waals surface area contributed by atoms with Gasteiger partial charge in [-0.3, -0.25) is 4.79 Å². The zero-order valence-electron chi connectivity index (χ0n) is 21.5. The summed E-state index contributed by atoms with van der Waals surface area (Å²) < 4.78 is 0. The van der Waals surface area contributed by atoms with Crippen LogP contribution < -0.4 is 15.5 Å². The van der Waals surface area contributed by atoms with Gasteiger partial charge in [-0.15, -0.1) is 0 Å². The summed E-state index contributed by atoms with van der Waals surface area (Å²) in [6, 6.07) is 22.2. The predicted molar refractivity (Wildman–Crippen MR) is 146 cm³/mol. The van der Waals surface area contributed by atoms with Crippen LogP contribution in [0.25, 0.3) is 0 Å². The number of amides is 1. The molecule has 1 saturated heterocycles. The molecular weight excluding hydrogens is 482 g/mol.